The molecule has 0 unspecified atom stereocenters. The molecule has 0 aromatic heterocycles. The van der Waals surface area contributed by atoms with Crippen molar-refractivity contribution < 1.29 is 0 Å². The average Bonchev–Trinajstić information content (AvgIpc) is 2.42. The number of unbranched alkanes of at least 4 members (excludes halogenated alkanes) is 6. The summed E-state index contributed by atoms with van der Waals surface area (Å²) in [5.74, 6) is 0. The van der Waals surface area contributed by atoms with Crippen LogP contribution in [-0.2, 0) is 0 Å². The first-order valence-electron chi connectivity index (χ1n) is 8.32. The van der Waals surface area contributed by atoms with E-state index < -0.39 is 0 Å². The Balaban J connectivity index is 1.77. The highest BCUT2D eigenvalue weighted by molar-refractivity contribution is 5.05. The second-order valence-corrected chi connectivity index (χ2v) is 5.73. The molecule has 1 aliphatic rings. The summed E-state index contributed by atoms with van der Waals surface area (Å²) < 4.78 is 0. The van der Waals surface area contributed by atoms with E-state index in [1.165, 1.54) is 90.1 Å². The molecule has 0 aromatic carbocycles. The summed E-state index contributed by atoms with van der Waals surface area (Å²) >= 11 is 0. The first-order valence-corrected chi connectivity index (χ1v) is 8.32. The van der Waals surface area contributed by atoms with Gasteiger partial charge in [0.05, 0.1) is 0 Å². The highest BCUT2D eigenvalue weighted by atomic mass is 14.8. The van der Waals surface area contributed by atoms with Crippen LogP contribution < -0.4 is 5.32 Å². The van der Waals surface area contributed by atoms with Crippen molar-refractivity contribution in [2.24, 2.45) is 0 Å². The third kappa shape index (κ3) is 8.74. The lowest BCUT2D eigenvalue weighted by molar-refractivity contribution is 0.559. The summed E-state index contributed by atoms with van der Waals surface area (Å²) in [6, 6.07) is 0. The second kappa shape index (κ2) is 11.8. The van der Waals surface area contributed by atoms with Crippen molar-refractivity contribution in [1.82, 2.24) is 5.32 Å². The van der Waals surface area contributed by atoms with Crippen LogP contribution in [0.5, 0.6) is 0 Å². The maximum Gasteiger partial charge on any atom is -0.00116 e. The number of hydrogen-bond donors (Lipinski definition) is 1. The van der Waals surface area contributed by atoms with Gasteiger partial charge in [-0.1, -0.05) is 57.1 Å². The van der Waals surface area contributed by atoms with Crippen molar-refractivity contribution >= 4 is 0 Å². The Morgan fingerprint density at radius 1 is 0.944 bits per heavy atom. The number of hydrogen-bond acceptors (Lipinski definition) is 1. The fourth-order valence-corrected chi connectivity index (χ4v) is 2.71. The Morgan fingerprint density at radius 2 is 1.72 bits per heavy atom. The van der Waals surface area contributed by atoms with Gasteiger partial charge in [-0.25, -0.2) is 0 Å². The maximum atomic E-state index is 3.59. The highest BCUT2D eigenvalue weighted by Crippen LogP contribution is 2.19. The van der Waals surface area contributed by atoms with Gasteiger partial charge in [-0.05, 0) is 51.6 Å². The molecule has 0 saturated carbocycles. The zero-order valence-corrected chi connectivity index (χ0v) is 12.5. The van der Waals surface area contributed by atoms with Crippen LogP contribution in [0, 0.1) is 0 Å². The number of nitrogens with one attached hydrogen (secondary N) is 1. The molecule has 0 saturated heterocycles. The van der Waals surface area contributed by atoms with Crippen molar-refractivity contribution in [1.29, 1.82) is 0 Å². The molecule has 18 heavy (non-hydrogen) atoms. The van der Waals surface area contributed by atoms with Crippen molar-refractivity contribution in [3.05, 3.63) is 11.6 Å². The third-order valence-electron chi connectivity index (χ3n) is 3.97. The molecule has 0 amide bonds. The van der Waals surface area contributed by atoms with Crippen LogP contribution in [0.4, 0.5) is 0 Å². The zero-order chi connectivity index (χ0) is 12.9. The van der Waals surface area contributed by atoms with Gasteiger partial charge in [-0.2, -0.15) is 0 Å². The van der Waals surface area contributed by atoms with E-state index in [0.717, 1.165) is 0 Å². The van der Waals surface area contributed by atoms with Gasteiger partial charge in [0.25, 0.3) is 0 Å². The Hall–Kier alpha value is -0.300. The van der Waals surface area contributed by atoms with Gasteiger partial charge in [0, 0.05) is 0 Å². The molecule has 0 aromatic rings. The van der Waals surface area contributed by atoms with Crippen LogP contribution in [0.3, 0.4) is 0 Å². The third-order valence-corrected chi connectivity index (χ3v) is 3.97. The summed E-state index contributed by atoms with van der Waals surface area (Å²) in [5, 5.41) is 3.59. The van der Waals surface area contributed by atoms with E-state index in [1.54, 1.807) is 5.57 Å². The fourth-order valence-electron chi connectivity index (χ4n) is 2.71. The van der Waals surface area contributed by atoms with Crippen LogP contribution in [0.1, 0.15) is 84.0 Å². The van der Waals surface area contributed by atoms with E-state index in [1.807, 2.05) is 0 Å². The summed E-state index contributed by atoms with van der Waals surface area (Å²) in [6.45, 7) is 4.70. The first-order chi connectivity index (χ1) is 8.93. The second-order valence-electron chi connectivity index (χ2n) is 5.73. The standard InChI is InChI=1S/C17H33N/c1-2-3-4-5-6-7-11-15-18-16-14-17-12-9-8-10-13-17/h12,18H,2-11,13-16H2,1H3. The first kappa shape index (κ1) is 15.8. The minimum Gasteiger partial charge on any atom is -0.316 e. The monoisotopic (exact) mass is 251 g/mol. The summed E-state index contributed by atoms with van der Waals surface area (Å²) in [5.41, 5.74) is 1.70. The van der Waals surface area contributed by atoms with E-state index in [9.17, 15) is 0 Å². The van der Waals surface area contributed by atoms with Crippen LogP contribution in [0.2, 0.25) is 0 Å². The SMILES string of the molecule is CCCCCCCCCNCCC1=CCCCC1. The van der Waals surface area contributed by atoms with Gasteiger partial charge >= 0.3 is 0 Å². The molecule has 0 spiro atoms. The molecule has 0 atom stereocenters. The zero-order valence-electron chi connectivity index (χ0n) is 12.5. The van der Waals surface area contributed by atoms with Crippen molar-refractivity contribution in [3.8, 4) is 0 Å². The van der Waals surface area contributed by atoms with Crippen molar-refractivity contribution in [2.45, 2.75) is 84.0 Å². The topological polar surface area (TPSA) is 12.0 Å². The molecule has 1 nitrogen and oxygen atoms in total. The lowest BCUT2D eigenvalue weighted by Gasteiger charge is -2.12. The summed E-state index contributed by atoms with van der Waals surface area (Å²) in [4.78, 5) is 0. The minimum absolute atomic E-state index is 1.20. The van der Waals surface area contributed by atoms with Gasteiger partial charge < -0.3 is 5.32 Å². The molecule has 0 bridgehead atoms. The quantitative estimate of drug-likeness (QED) is 0.392. The molecule has 1 heteroatoms. The van der Waals surface area contributed by atoms with Crippen molar-refractivity contribution in [3.63, 3.8) is 0 Å². The fraction of sp³-hybridized carbons (Fsp3) is 0.882. The molecule has 1 aliphatic carbocycles. The Bertz CT molecular complexity index is 208. The van der Waals surface area contributed by atoms with E-state index in [4.69, 9.17) is 0 Å². The number of rotatable bonds is 11. The Morgan fingerprint density at radius 3 is 2.44 bits per heavy atom. The lowest BCUT2D eigenvalue weighted by atomic mass is 9.97. The molecule has 0 fully saturated rings. The minimum atomic E-state index is 1.20. The van der Waals surface area contributed by atoms with Gasteiger partial charge in [0.15, 0.2) is 0 Å². The van der Waals surface area contributed by atoms with Crippen LogP contribution in [0.25, 0.3) is 0 Å². The summed E-state index contributed by atoms with van der Waals surface area (Å²) in [7, 11) is 0. The molecule has 0 heterocycles. The van der Waals surface area contributed by atoms with E-state index >= 15 is 0 Å². The molecular weight excluding hydrogens is 218 g/mol. The van der Waals surface area contributed by atoms with Crippen LogP contribution in [-0.4, -0.2) is 13.1 Å². The largest absolute Gasteiger partial charge is 0.316 e. The normalized spacial score (nSPS) is 15.7. The number of allylic oxidation sites excluding steroid dienone is 1. The van der Waals surface area contributed by atoms with Crippen LogP contribution in [0.15, 0.2) is 11.6 Å². The van der Waals surface area contributed by atoms with Gasteiger partial charge in [0.1, 0.15) is 0 Å². The van der Waals surface area contributed by atoms with Gasteiger partial charge in [-0.15, -0.1) is 0 Å². The maximum absolute atomic E-state index is 3.59. The molecule has 1 rings (SSSR count). The Kier molecular flexibility index (Phi) is 10.3. The van der Waals surface area contributed by atoms with Crippen molar-refractivity contribution in [2.75, 3.05) is 13.1 Å². The molecular formula is C17H33N. The lowest BCUT2D eigenvalue weighted by Crippen LogP contribution is -2.17. The van der Waals surface area contributed by atoms with E-state index in [2.05, 4.69) is 18.3 Å². The summed E-state index contributed by atoms with van der Waals surface area (Å²) in [6.07, 6.45) is 19.2. The molecule has 0 aliphatic heterocycles. The van der Waals surface area contributed by atoms with Crippen LogP contribution >= 0.6 is 0 Å². The van der Waals surface area contributed by atoms with E-state index in [0.29, 0.717) is 0 Å². The highest BCUT2D eigenvalue weighted by Gasteiger charge is 2.02. The Labute approximate surface area is 114 Å². The molecule has 106 valence electrons. The average molecular weight is 251 g/mol. The van der Waals surface area contributed by atoms with E-state index in [-0.39, 0.29) is 0 Å². The molecule has 0 radical (unpaired) electrons. The predicted molar refractivity (Wildman–Crippen MR) is 82.0 cm³/mol. The molecule has 1 N–H and O–H groups in total. The predicted octanol–water partition coefficient (Wildman–Crippen LogP) is 5.22. The van der Waals surface area contributed by atoms with Gasteiger partial charge in [-0.3, -0.25) is 0 Å². The van der Waals surface area contributed by atoms with Gasteiger partial charge in [0.2, 0.25) is 0 Å². The smallest absolute Gasteiger partial charge is 0.00116 e.